The number of aryl methyl sites for hydroxylation is 1. The molecule has 2 aromatic heterocycles. The second-order valence-corrected chi connectivity index (χ2v) is 3.80. The lowest BCUT2D eigenvalue weighted by Gasteiger charge is -2.12. The Morgan fingerprint density at radius 1 is 1.31 bits per heavy atom. The van der Waals surface area contributed by atoms with Gasteiger partial charge in [0.15, 0.2) is 0 Å². The van der Waals surface area contributed by atoms with Gasteiger partial charge in [-0.25, -0.2) is 9.97 Å². The summed E-state index contributed by atoms with van der Waals surface area (Å²) < 4.78 is 1.98. The Labute approximate surface area is 95.4 Å². The highest BCUT2D eigenvalue weighted by Crippen LogP contribution is 2.15. The van der Waals surface area contributed by atoms with Gasteiger partial charge in [-0.2, -0.15) is 0 Å². The Balaban J connectivity index is 2.40. The Bertz CT molecular complexity index is 475. The van der Waals surface area contributed by atoms with Crippen molar-refractivity contribution in [3.63, 3.8) is 0 Å². The minimum atomic E-state index is 0.325. The van der Waals surface area contributed by atoms with Crippen molar-refractivity contribution < 1.29 is 0 Å². The van der Waals surface area contributed by atoms with E-state index in [4.69, 9.17) is 0 Å². The summed E-state index contributed by atoms with van der Waals surface area (Å²) in [5, 5.41) is 3.22. The van der Waals surface area contributed by atoms with Gasteiger partial charge in [0.2, 0.25) is 0 Å². The number of nitrogens with one attached hydrogen (secondary N) is 1. The van der Waals surface area contributed by atoms with E-state index in [1.807, 2.05) is 37.0 Å². The molecule has 0 fully saturated rings. The zero-order valence-corrected chi connectivity index (χ0v) is 9.81. The predicted octanol–water partition coefficient (Wildman–Crippen LogP) is 1.86. The average molecular weight is 216 g/mol. The predicted molar refractivity (Wildman–Crippen MR) is 63.6 cm³/mol. The summed E-state index contributed by atoms with van der Waals surface area (Å²) in [6.45, 7) is 4.09. The Morgan fingerprint density at radius 2 is 2.12 bits per heavy atom. The van der Waals surface area contributed by atoms with Crippen LogP contribution in [0.2, 0.25) is 0 Å². The van der Waals surface area contributed by atoms with Gasteiger partial charge < -0.3 is 5.32 Å². The SMILES string of the molecule is CNC(C)c1ccnc(-n2ccnc2C)c1. The van der Waals surface area contributed by atoms with E-state index in [1.165, 1.54) is 5.56 Å². The monoisotopic (exact) mass is 216 g/mol. The molecule has 0 aromatic carbocycles. The van der Waals surface area contributed by atoms with E-state index in [2.05, 4.69) is 28.3 Å². The highest BCUT2D eigenvalue weighted by molar-refractivity contribution is 5.30. The van der Waals surface area contributed by atoms with Crippen molar-refractivity contribution >= 4 is 0 Å². The van der Waals surface area contributed by atoms with E-state index >= 15 is 0 Å². The van der Waals surface area contributed by atoms with Crippen molar-refractivity contribution in [2.75, 3.05) is 7.05 Å². The number of aromatic nitrogens is 3. The van der Waals surface area contributed by atoms with Crippen LogP contribution in [0.25, 0.3) is 5.82 Å². The Kier molecular flexibility index (Phi) is 3.01. The molecule has 2 heterocycles. The number of imidazole rings is 1. The molecule has 16 heavy (non-hydrogen) atoms. The number of hydrogen-bond acceptors (Lipinski definition) is 3. The standard InChI is InChI=1S/C12H16N4/c1-9(13-3)11-4-5-15-12(8-11)16-7-6-14-10(16)2/h4-9,13H,1-3H3. The first-order chi connectivity index (χ1) is 7.72. The summed E-state index contributed by atoms with van der Waals surface area (Å²) in [5.74, 6) is 1.86. The van der Waals surface area contributed by atoms with Crippen molar-refractivity contribution in [3.05, 3.63) is 42.1 Å². The minimum Gasteiger partial charge on any atom is -0.313 e. The molecule has 1 atom stereocenters. The highest BCUT2D eigenvalue weighted by Gasteiger charge is 2.06. The molecule has 1 N–H and O–H groups in total. The van der Waals surface area contributed by atoms with Gasteiger partial charge in [0.25, 0.3) is 0 Å². The number of pyridine rings is 1. The van der Waals surface area contributed by atoms with Crippen LogP contribution in [0.15, 0.2) is 30.7 Å². The van der Waals surface area contributed by atoms with Crippen LogP contribution in [0.4, 0.5) is 0 Å². The van der Waals surface area contributed by atoms with Gasteiger partial charge in [0.1, 0.15) is 11.6 Å². The van der Waals surface area contributed by atoms with Crippen LogP contribution in [0, 0.1) is 6.92 Å². The maximum absolute atomic E-state index is 4.35. The van der Waals surface area contributed by atoms with Gasteiger partial charge >= 0.3 is 0 Å². The van der Waals surface area contributed by atoms with E-state index in [0.717, 1.165) is 11.6 Å². The van der Waals surface area contributed by atoms with Crippen LogP contribution in [0.5, 0.6) is 0 Å². The van der Waals surface area contributed by atoms with Crippen molar-refractivity contribution in [1.29, 1.82) is 0 Å². The lowest BCUT2D eigenvalue weighted by molar-refractivity contribution is 0.650. The molecule has 0 aliphatic rings. The minimum absolute atomic E-state index is 0.325. The molecule has 0 bridgehead atoms. The van der Waals surface area contributed by atoms with E-state index in [0.29, 0.717) is 6.04 Å². The quantitative estimate of drug-likeness (QED) is 0.851. The Morgan fingerprint density at radius 3 is 2.75 bits per heavy atom. The van der Waals surface area contributed by atoms with E-state index in [1.54, 1.807) is 6.20 Å². The second-order valence-electron chi connectivity index (χ2n) is 3.80. The summed E-state index contributed by atoms with van der Waals surface area (Å²) >= 11 is 0. The largest absolute Gasteiger partial charge is 0.313 e. The fourth-order valence-corrected chi connectivity index (χ4v) is 1.62. The molecule has 4 heteroatoms. The second kappa shape index (κ2) is 4.45. The van der Waals surface area contributed by atoms with Gasteiger partial charge in [-0.1, -0.05) is 0 Å². The lowest BCUT2D eigenvalue weighted by atomic mass is 10.1. The zero-order valence-electron chi connectivity index (χ0n) is 9.81. The fraction of sp³-hybridized carbons (Fsp3) is 0.333. The summed E-state index contributed by atoms with van der Waals surface area (Å²) in [6.07, 6.45) is 5.54. The van der Waals surface area contributed by atoms with E-state index in [-0.39, 0.29) is 0 Å². The summed E-state index contributed by atoms with van der Waals surface area (Å²) in [4.78, 5) is 8.55. The Hall–Kier alpha value is -1.68. The molecule has 0 aliphatic carbocycles. The van der Waals surface area contributed by atoms with Crippen LogP contribution in [0.3, 0.4) is 0 Å². The molecule has 0 amide bonds. The first-order valence-electron chi connectivity index (χ1n) is 5.36. The summed E-state index contributed by atoms with van der Waals surface area (Å²) in [7, 11) is 1.95. The average Bonchev–Trinajstić information content (AvgIpc) is 2.74. The molecule has 2 aromatic rings. The normalized spacial score (nSPS) is 12.7. The molecular weight excluding hydrogens is 200 g/mol. The third kappa shape index (κ3) is 1.97. The van der Waals surface area contributed by atoms with Crippen LogP contribution in [0.1, 0.15) is 24.4 Å². The number of nitrogens with zero attached hydrogens (tertiary/aromatic N) is 3. The molecule has 0 radical (unpaired) electrons. The van der Waals surface area contributed by atoms with Crippen molar-refractivity contribution in [2.45, 2.75) is 19.9 Å². The molecular formula is C12H16N4. The van der Waals surface area contributed by atoms with E-state index in [9.17, 15) is 0 Å². The van der Waals surface area contributed by atoms with Gasteiger partial charge in [-0.15, -0.1) is 0 Å². The third-order valence-electron chi connectivity index (χ3n) is 2.78. The number of hydrogen-bond donors (Lipinski definition) is 1. The van der Waals surface area contributed by atoms with Gasteiger partial charge in [0.05, 0.1) is 0 Å². The van der Waals surface area contributed by atoms with Gasteiger partial charge in [-0.3, -0.25) is 4.57 Å². The molecule has 0 aliphatic heterocycles. The van der Waals surface area contributed by atoms with Crippen LogP contribution in [-0.2, 0) is 0 Å². The van der Waals surface area contributed by atoms with Crippen LogP contribution >= 0.6 is 0 Å². The molecule has 84 valence electrons. The summed E-state index contributed by atoms with van der Waals surface area (Å²) in [5.41, 5.74) is 1.22. The van der Waals surface area contributed by atoms with Crippen molar-refractivity contribution in [1.82, 2.24) is 19.9 Å². The number of rotatable bonds is 3. The summed E-state index contributed by atoms with van der Waals surface area (Å²) in [6, 6.07) is 4.43. The zero-order chi connectivity index (χ0) is 11.5. The molecule has 1 unspecified atom stereocenters. The lowest BCUT2D eigenvalue weighted by Crippen LogP contribution is -2.13. The van der Waals surface area contributed by atoms with Crippen molar-refractivity contribution in [2.24, 2.45) is 0 Å². The fourth-order valence-electron chi connectivity index (χ4n) is 1.62. The van der Waals surface area contributed by atoms with Crippen LogP contribution < -0.4 is 5.32 Å². The maximum atomic E-state index is 4.35. The molecule has 2 rings (SSSR count). The van der Waals surface area contributed by atoms with Crippen molar-refractivity contribution in [3.8, 4) is 5.82 Å². The maximum Gasteiger partial charge on any atom is 0.138 e. The first kappa shape index (κ1) is 10.8. The van der Waals surface area contributed by atoms with Crippen LogP contribution in [-0.4, -0.2) is 21.6 Å². The molecule has 0 saturated carbocycles. The third-order valence-corrected chi connectivity index (χ3v) is 2.78. The van der Waals surface area contributed by atoms with Gasteiger partial charge in [0, 0.05) is 24.6 Å². The topological polar surface area (TPSA) is 42.7 Å². The smallest absolute Gasteiger partial charge is 0.138 e. The first-order valence-corrected chi connectivity index (χ1v) is 5.36. The molecule has 0 saturated heterocycles. The van der Waals surface area contributed by atoms with Gasteiger partial charge in [-0.05, 0) is 38.6 Å². The molecule has 4 nitrogen and oxygen atoms in total. The van der Waals surface area contributed by atoms with E-state index < -0.39 is 0 Å². The highest BCUT2D eigenvalue weighted by atomic mass is 15.1. The molecule has 0 spiro atoms.